The zero-order valence-electron chi connectivity index (χ0n) is 17.8. The lowest BCUT2D eigenvalue weighted by Crippen LogP contribution is -2.31. The van der Waals surface area contributed by atoms with Gasteiger partial charge >= 0.3 is 0 Å². The molecule has 1 saturated heterocycles. The van der Waals surface area contributed by atoms with Gasteiger partial charge in [0.1, 0.15) is 6.10 Å². The van der Waals surface area contributed by atoms with Crippen LogP contribution in [0.25, 0.3) is 0 Å². The molecule has 1 rings (SSSR count). The zero-order chi connectivity index (χ0) is 23.2. The van der Waals surface area contributed by atoms with E-state index in [2.05, 4.69) is 98.8 Å². The van der Waals surface area contributed by atoms with E-state index in [9.17, 15) is 0 Å². The van der Waals surface area contributed by atoms with Crippen molar-refractivity contribution in [3.63, 3.8) is 0 Å². The van der Waals surface area contributed by atoms with Crippen molar-refractivity contribution in [2.75, 3.05) is 6.61 Å². The minimum absolute atomic E-state index is 0.0275. The van der Waals surface area contributed by atoms with Crippen molar-refractivity contribution in [2.24, 2.45) is 5.41 Å². The summed E-state index contributed by atoms with van der Waals surface area (Å²) < 4.78 is 19.8. The van der Waals surface area contributed by atoms with Crippen LogP contribution in [0.2, 0.25) is 0 Å². The van der Waals surface area contributed by atoms with Crippen molar-refractivity contribution in [1.82, 2.24) is 0 Å². The minimum atomic E-state index is -0.562. The van der Waals surface area contributed by atoms with Crippen molar-refractivity contribution in [3.8, 4) is 0 Å². The molecule has 1 aliphatic rings. The Balaban J connectivity index is 2.92. The predicted octanol–water partition coefficient (Wildman–Crippen LogP) is 10.6. The Hall–Kier alpha value is 5.64. The lowest BCUT2D eigenvalue weighted by atomic mass is 9.88. The SMILES string of the molecule is C=C1C[C@H](C(COP(P(P)P)P(P)P)OP(P(P)P)P(P)P)OC1CCC(C)(C)C. The van der Waals surface area contributed by atoms with Crippen LogP contribution in [0.4, 0.5) is 0 Å². The van der Waals surface area contributed by atoms with Crippen LogP contribution in [0, 0.1) is 5.41 Å². The minimum Gasteiger partial charge on any atom is -0.368 e. The van der Waals surface area contributed by atoms with Crippen molar-refractivity contribution in [2.45, 2.75) is 58.3 Å². The average Bonchev–Trinajstić information content (AvgIpc) is 2.94. The predicted molar refractivity (Wildman–Crippen MR) is 181 cm³/mol. The summed E-state index contributed by atoms with van der Waals surface area (Å²) in [5.74, 6) is 0. The molecule has 30 heavy (non-hydrogen) atoms. The van der Waals surface area contributed by atoms with Gasteiger partial charge in [0, 0.05) is 0 Å². The first-order valence-corrected chi connectivity index (χ1v) is 32.8. The summed E-state index contributed by atoms with van der Waals surface area (Å²) in [7, 11) is 22.5. The summed E-state index contributed by atoms with van der Waals surface area (Å²) in [6, 6.07) is 0. The normalized spacial score (nSPS) is 22.0. The molecule has 17 heteroatoms. The fourth-order valence-corrected chi connectivity index (χ4v) is 68.6. The summed E-state index contributed by atoms with van der Waals surface area (Å²) in [6.45, 7) is 10.6. The highest BCUT2D eigenvalue weighted by Gasteiger charge is 2.38. The lowest BCUT2D eigenvalue weighted by molar-refractivity contribution is -0.0329. The molecule has 0 N–H and O–H groups in total. The molecule has 0 saturated carbocycles. The standard InChI is InChI=1S/C13H38O3P14/c1-9-7-11(15-10(9)5-6-13(2,3)4)12(16-26(29(21)22)30(23)24)8-14-25(27(17)18)28(19)20/h10-12H,1,5-8,17-24H2,2-4H3/t10?,11-,12?/m1/s1. The third-order valence-electron chi connectivity index (χ3n) is 4.20. The third-order valence-corrected chi connectivity index (χ3v) is 49.2. The molecule has 1 heterocycles. The first-order valence-electron chi connectivity index (χ1n) is 9.13. The molecular formula is C13H38O3P14. The Labute approximate surface area is 209 Å². The van der Waals surface area contributed by atoms with Gasteiger partial charge in [-0.1, -0.05) is 27.4 Å². The third kappa shape index (κ3) is 12.9. The van der Waals surface area contributed by atoms with E-state index in [0.29, 0.717) is 12.0 Å². The van der Waals surface area contributed by atoms with Crippen molar-refractivity contribution >= 4 is 114 Å². The van der Waals surface area contributed by atoms with E-state index in [1.54, 1.807) is 0 Å². The van der Waals surface area contributed by atoms with Crippen LogP contribution in [-0.2, 0) is 13.8 Å². The number of ether oxygens (including phenoxy) is 1. The summed E-state index contributed by atoms with van der Waals surface area (Å²) in [6.07, 6.45) is 3.14. The van der Waals surface area contributed by atoms with Gasteiger partial charge in [-0.2, -0.15) is 0 Å². The molecule has 1 aliphatic heterocycles. The zero-order valence-corrected chi connectivity index (χ0v) is 32.4. The molecule has 0 bridgehead atoms. The summed E-state index contributed by atoms with van der Waals surface area (Å²) in [5.41, 5.74) is 1.51. The molecule has 0 aliphatic carbocycles. The maximum Gasteiger partial charge on any atom is 0.113 e. The lowest BCUT2D eigenvalue weighted by Gasteiger charge is -2.33. The van der Waals surface area contributed by atoms with Crippen molar-refractivity contribution in [1.29, 1.82) is 0 Å². The summed E-state index contributed by atoms with van der Waals surface area (Å²) in [4.78, 5) is 0. The quantitative estimate of drug-likeness (QED) is 0.152. The monoisotopic (exact) mass is 676 g/mol. The van der Waals surface area contributed by atoms with Gasteiger partial charge in [-0.3, -0.25) is 0 Å². The Morgan fingerprint density at radius 3 is 1.90 bits per heavy atom. The van der Waals surface area contributed by atoms with Gasteiger partial charge in [-0.15, -0.1) is 71.4 Å². The molecule has 178 valence electrons. The van der Waals surface area contributed by atoms with Gasteiger partial charge in [-0.25, -0.2) is 0 Å². The van der Waals surface area contributed by atoms with Crippen LogP contribution in [0.15, 0.2) is 12.2 Å². The fourth-order valence-electron chi connectivity index (χ4n) is 2.75. The van der Waals surface area contributed by atoms with Crippen molar-refractivity contribution < 1.29 is 13.8 Å². The van der Waals surface area contributed by atoms with E-state index in [-0.39, 0.29) is 46.3 Å². The highest BCUT2D eigenvalue weighted by molar-refractivity contribution is 8.96. The second kappa shape index (κ2) is 16.6. The molecule has 0 amide bonds. The summed E-state index contributed by atoms with van der Waals surface area (Å²) in [5, 5.41) is 0. The first kappa shape index (κ1) is 33.7. The highest BCUT2D eigenvalue weighted by Crippen LogP contribution is 2.99. The van der Waals surface area contributed by atoms with Crippen LogP contribution >= 0.6 is 114 Å². The van der Waals surface area contributed by atoms with E-state index in [0.717, 1.165) is 19.3 Å². The first-order chi connectivity index (χ1) is 13.7. The Morgan fingerprint density at radius 2 is 1.47 bits per heavy atom. The molecule has 3 nitrogen and oxygen atoms in total. The van der Waals surface area contributed by atoms with Crippen molar-refractivity contribution in [3.05, 3.63) is 12.2 Å². The van der Waals surface area contributed by atoms with Crippen LogP contribution < -0.4 is 0 Å². The highest BCUT2D eigenvalue weighted by atomic mass is 33.0. The maximum atomic E-state index is 6.75. The van der Waals surface area contributed by atoms with Gasteiger partial charge in [0.2, 0.25) is 0 Å². The van der Waals surface area contributed by atoms with Crippen LogP contribution in [0.1, 0.15) is 40.0 Å². The van der Waals surface area contributed by atoms with Gasteiger partial charge < -0.3 is 13.8 Å². The smallest absolute Gasteiger partial charge is 0.113 e. The van der Waals surface area contributed by atoms with Gasteiger partial charge in [0.25, 0.3) is 0 Å². The molecule has 0 radical (unpaired) electrons. The fraction of sp³-hybridized carbons (Fsp3) is 0.846. The molecular weight excluding hydrogens is 638 g/mol. The second-order valence-corrected chi connectivity index (χ2v) is 55.3. The number of rotatable bonds is 12. The molecule has 10 unspecified atom stereocenters. The Morgan fingerprint density at radius 1 is 0.967 bits per heavy atom. The van der Waals surface area contributed by atoms with Crippen LogP contribution in [0.3, 0.4) is 0 Å². The molecule has 0 aromatic rings. The van der Waals surface area contributed by atoms with Gasteiger partial charge in [0.05, 0.1) is 33.9 Å². The topological polar surface area (TPSA) is 27.7 Å². The summed E-state index contributed by atoms with van der Waals surface area (Å²) >= 11 is 0. The Bertz CT molecular complexity index is 512. The second-order valence-electron chi connectivity index (χ2n) is 8.09. The van der Waals surface area contributed by atoms with Crippen LogP contribution in [-0.4, -0.2) is 24.9 Å². The van der Waals surface area contributed by atoms with Gasteiger partial charge in [0.15, 0.2) is 0 Å². The van der Waals surface area contributed by atoms with E-state index in [1.807, 2.05) is 0 Å². The van der Waals surface area contributed by atoms with E-state index in [4.69, 9.17) is 13.8 Å². The number of hydrogen-bond donors (Lipinski definition) is 0. The molecule has 11 atom stereocenters. The van der Waals surface area contributed by atoms with E-state index < -0.39 is 15.1 Å². The molecule has 0 spiro atoms. The van der Waals surface area contributed by atoms with Gasteiger partial charge in [-0.05, 0) is 58.2 Å². The number of hydrogen-bond acceptors (Lipinski definition) is 3. The largest absolute Gasteiger partial charge is 0.368 e. The average molecular weight is 676 g/mol. The Kier molecular flexibility index (Phi) is 18.6. The maximum absolute atomic E-state index is 6.75. The molecule has 0 aromatic carbocycles. The van der Waals surface area contributed by atoms with E-state index >= 15 is 0 Å². The molecule has 0 aromatic heterocycles. The van der Waals surface area contributed by atoms with Crippen LogP contribution in [0.5, 0.6) is 0 Å². The van der Waals surface area contributed by atoms with E-state index in [1.165, 1.54) is 5.57 Å². The molecule has 1 fully saturated rings.